The molecule has 1 aromatic carbocycles. The zero-order chi connectivity index (χ0) is 16.3. The maximum Gasteiger partial charge on any atom is 0.422 e. The number of carbonyl (C=O) groups excluding carboxylic acids is 1. The van der Waals surface area contributed by atoms with Crippen LogP contribution >= 0.6 is 11.6 Å². The number of aliphatic hydroxyl groups excluding tert-OH is 1. The first-order valence-electron chi connectivity index (χ1n) is 6.48. The molecular weight excluding hydrogens is 325 g/mol. The third kappa shape index (κ3) is 4.67. The Hall–Kier alpha value is -1.67. The molecule has 2 amide bonds. The van der Waals surface area contributed by atoms with Crippen molar-refractivity contribution < 1.29 is 27.8 Å². The minimum absolute atomic E-state index is 0.0834. The van der Waals surface area contributed by atoms with Gasteiger partial charge < -0.3 is 20.1 Å². The van der Waals surface area contributed by atoms with Crippen LogP contribution in [0.5, 0.6) is 5.75 Å². The van der Waals surface area contributed by atoms with Crippen LogP contribution in [0.4, 0.5) is 23.7 Å². The van der Waals surface area contributed by atoms with Crippen molar-refractivity contribution in [3.05, 3.63) is 23.2 Å². The Kier molecular flexibility index (Phi) is 5.02. The summed E-state index contributed by atoms with van der Waals surface area (Å²) in [4.78, 5) is 13.4. The Morgan fingerprint density at radius 3 is 2.82 bits per heavy atom. The molecule has 1 aliphatic heterocycles. The molecule has 1 aromatic rings. The number of aliphatic hydroxyl groups is 1. The van der Waals surface area contributed by atoms with E-state index < -0.39 is 24.9 Å². The number of benzene rings is 1. The molecular formula is C13H14ClF3N2O3. The summed E-state index contributed by atoms with van der Waals surface area (Å²) in [5.41, 5.74) is 0.0834. The summed E-state index contributed by atoms with van der Waals surface area (Å²) >= 11 is 5.73. The number of β-amino-alcohol motifs (C(OH)–C–C–N with tert-alkyl or cyclic N) is 1. The first kappa shape index (κ1) is 16.7. The molecule has 1 aliphatic rings. The quantitative estimate of drug-likeness (QED) is 0.891. The van der Waals surface area contributed by atoms with E-state index in [-0.39, 0.29) is 23.0 Å². The molecule has 0 aliphatic carbocycles. The van der Waals surface area contributed by atoms with Gasteiger partial charge in [0.25, 0.3) is 0 Å². The van der Waals surface area contributed by atoms with Crippen LogP contribution in [0.2, 0.25) is 5.02 Å². The molecule has 2 rings (SSSR count). The Labute approximate surface area is 129 Å². The van der Waals surface area contributed by atoms with Crippen molar-refractivity contribution in [3.8, 4) is 5.75 Å². The summed E-state index contributed by atoms with van der Waals surface area (Å²) in [5, 5.41) is 12.0. The van der Waals surface area contributed by atoms with Gasteiger partial charge in [0.1, 0.15) is 5.75 Å². The highest BCUT2D eigenvalue weighted by molar-refractivity contribution is 6.30. The van der Waals surface area contributed by atoms with Gasteiger partial charge in [0.05, 0.1) is 11.8 Å². The van der Waals surface area contributed by atoms with Crippen molar-refractivity contribution in [3.63, 3.8) is 0 Å². The Morgan fingerprint density at radius 2 is 2.23 bits per heavy atom. The van der Waals surface area contributed by atoms with E-state index in [0.717, 1.165) is 0 Å². The van der Waals surface area contributed by atoms with Gasteiger partial charge in [-0.05, 0) is 18.6 Å². The van der Waals surface area contributed by atoms with E-state index in [1.807, 2.05) is 0 Å². The van der Waals surface area contributed by atoms with Crippen molar-refractivity contribution in [1.29, 1.82) is 0 Å². The first-order valence-corrected chi connectivity index (χ1v) is 6.85. The monoisotopic (exact) mass is 338 g/mol. The van der Waals surface area contributed by atoms with Gasteiger partial charge in [0, 0.05) is 24.2 Å². The Balaban J connectivity index is 2.07. The Morgan fingerprint density at radius 1 is 1.50 bits per heavy atom. The fourth-order valence-electron chi connectivity index (χ4n) is 2.00. The minimum Gasteiger partial charge on any atom is -0.482 e. The second-order valence-electron chi connectivity index (χ2n) is 4.86. The largest absolute Gasteiger partial charge is 0.482 e. The molecule has 0 bridgehead atoms. The summed E-state index contributed by atoms with van der Waals surface area (Å²) in [6, 6.07) is 3.46. The molecule has 2 N–H and O–H groups in total. The number of anilines is 1. The molecule has 9 heteroatoms. The van der Waals surface area contributed by atoms with E-state index >= 15 is 0 Å². The van der Waals surface area contributed by atoms with Crippen molar-refractivity contribution in [2.24, 2.45) is 0 Å². The zero-order valence-corrected chi connectivity index (χ0v) is 12.1. The maximum atomic E-state index is 12.2. The summed E-state index contributed by atoms with van der Waals surface area (Å²) in [5.74, 6) is -0.169. The van der Waals surface area contributed by atoms with E-state index in [4.69, 9.17) is 11.6 Å². The lowest BCUT2D eigenvalue weighted by atomic mass is 10.3. The number of carbonyl (C=O) groups is 1. The molecule has 1 heterocycles. The first-order chi connectivity index (χ1) is 10.2. The number of hydrogen-bond donors (Lipinski definition) is 2. The predicted octanol–water partition coefficient (Wildman–Crippen LogP) is 2.88. The van der Waals surface area contributed by atoms with Gasteiger partial charge in [-0.15, -0.1) is 0 Å². The molecule has 1 atom stereocenters. The molecule has 122 valence electrons. The topological polar surface area (TPSA) is 61.8 Å². The highest BCUT2D eigenvalue weighted by Gasteiger charge is 2.29. The Bertz CT molecular complexity index is 554. The molecule has 1 unspecified atom stereocenters. The lowest BCUT2D eigenvalue weighted by Crippen LogP contribution is -2.33. The second kappa shape index (κ2) is 6.62. The van der Waals surface area contributed by atoms with Gasteiger partial charge in [0.15, 0.2) is 6.61 Å². The van der Waals surface area contributed by atoms with Crippen LogP contribution in [0, 0.1) is 0 Å². The van der Waals surface area contributed by atoms with Crippen LogP contribution in [-0.2, 0) is 0 Å². The smallest absolute Gasteiger partial charge is 0.422 e. The molecule has 5 nitrogen and oxygen atoms in total. The average molecular weight is 339 g/mol. The van der Waals surface area contributed by atoms with E-state index in [2.05, 4.69) is 10.1 Å². The summed E-state index contributed by atoms with van der Waals surface area (Å²) < 4.78 is 41.4. The second-order valence-corrected chi connectivity index (χ2v) is 5.30. The third-order valence-electron chi connectivity index (χ3n) is 3.03. The summed E-state index contributed by atoms with van der Waals surface area (Å²) in [6.07, 6.45) is -4.62. The van der Waals surface area contributed by atoms with Crippen LogP contribution in [0.3, 0.4) is 0 Å². The number of alkyl halides is 3. The SMILES string of the molecule is O=C(Nc1ccc(Cl)cc1OCC(F)(F)F)N1CCC(O)C1. The lowest BCUT2D eigenvalue weighted by molar-refractivity contribution is -0.153. The van der Waals surface area contributed by atoms with Crippen molar-refractivity contribution in [2.75, 3.05) is 25.0 Å². The standard InChI is InChI=1S/C13H14ClF3N2O3/c14-8-1-2-10(11(5-8)22-7-13(15,16)17)18-12(21)19-4-3-9(20)6-19/h1-2,5,9,20H,3-4,6-7H2,(H,18,21). The molecule has 0 spiro atoms. The number of nitrogens with zero attached hydrogens (tertiary/aromatic N) is 1. The number of halogens is 4. The van der Waals surface area contributed by atoms with Gasteiger partial charge in [-0.3, -0.25) is 0 Å². The highest BCUT2D eigenvalue weighted by atomic mass is 35.5. The number of ether oxygens (including phenoxy) is 1. The number of rotatable bonds is 3. The molecule has 0 radical (unpaired) electrons. The highest BCUT2D eigenvalue weighted by Crippen LogP contribution is 2.30. The number of nitrogens with one attached hydrogen (secondary N) is 1. The molecule has 22 heavy (non-hydrogen) atoms. The van der Waals surface area contributed by atoms with Gasteiger partial charge >= 0.3 is 12.2 Å². The molecule has 0 saturated carbocycles. The van der Waals surface area contributed by atoms with Crippen LogP contribution in [0.15, 0.2) is 18.2 Å². The number of urea groups is 1. The van der Waals surface area contributed by atoms with Crippen molar-refractivity contribution >= 4 is 23.3 Å². The van der Waals surface area contributed by atoms with Crippen LogP contribution in [0.25, 0.3) is 0 Å². The normalized spacial score (nSPS) is 18.4. The van der Waals surface area contributed by atoms with Crippen LogP contribution < -0.4 is 10.1 Å². The van der Waals surface area contributed by atoms with Crippen LogP contribution in [0.1, 0.15) is 6.42 Å². The van der Waals surface area contributed by atoms with Gasteiger partial charge in [-0.1, -0.05) is 11.6 Å². The van der Waals surface area contributed by atoms with Gasteiger partial charge in [-0.25, -0.2) is 4.79 Å². The number of amides is 2. The van der Waals surface area contributed by atoms with E-state index in [9.17, 15) is 23.1 Å². The van der Waals surface area contributed by atoms with E-state index in [1.54, 1.807) is 0 Å². The fraction of sp³-hybridized carbons (Fsp3) is 0.462. The molecule has 0 aromatic heterocycles. The van der Waals surface area contributed by atoms with E-state index in [1.165, 1.54) is 23.1 Å². The summed E-state index contributed by atoms with van der Waals surface area (Å²) in [6.45, 7) is -0.934. The van der Waals surface area contributed by atoms with E-state index in [0.29, 0.717) is 13.0 Å². The maximum absolute atomic E-state index is 12.2. The van der Waals surface area contributed by atoms with Crippen molar-refractivity contribution in [1.82, 2.24) is 4.90 Å². The fourth-order valence-corrected chi connectivity index (χ4v) is 2.16. The minimum atomic E-state index is -4.50. The van der Waals surface area contributed by atoms with Crippen molar-refractivity contribution in [2.45, 2.75) is 18.7 Å². The third-order valence-corrected chi connectivity index (χ3v) is 3.26. The lowest BCUT2D eigenvalue weighted by Gasteiger charge is -2.19. The zero-order valence-electron chi connectivity index (χ0n) is 11.4. The number of likely N-dealkylation sites (tertiary alicyclic amines) is 1. The molecule has 1 saturated heterocycles. The van der Waals surface area contributed by atoms with Gasteiger partial charge in [0.2, 0.25) is 0 Å². The summed E-state index contributed by atoms with van der Waals surface area (Å²) in [7, 11) is 0. The van der Waals surface area contributed by atoms with Crippen LogP contribution in [-0.4, -0.2) is 48.0 Å². The average Bonchev–Trinajstić information content (AvgIpc) is 2.85. The predicted molar refractivity (Wildman–Crippen MR) is 74.2 cm³/mol. The van der Waals surface area contributed by atoms with Gasteiger partial charge in [-0.2, -0.15) is 13.2 Å². The number of hydrogen-bond acceptors (Lipinski definition) is 3. The molecule has 1 fully saturated rings.